The van der Waals surface area contributed by atoms with Crippen molar-refractivity contribution in [3.8, 4) is 0 Å². The molecular weight excluding hydrogens is 426 g/mol. The van der Waals surface area contributed by atoms with Gasteiger partial charge in [0, 0.05) is 50.1 Å². The van der Waals surface area contributed by atoms with Crippen LogP contribution in [0.1, 0.15) is 57.9 Å². The quantitative estimate of drug-likeness (QED) is 0.631. The maximum atomic E-state index is 13.1. The zero-order chi connectivity index (χ0) is 24.1. The predicted octanol–water partition coefficient (Wildman–Crippen LogP) is 3.70. The molecule has 3 aliphatic heterocycles. The van der Waals surface area contributed by atoms with E-state index < -0.39 is 0 Å². The Bertz CT molecular complexity index is 895. The monoisotopic (exact) mass is 469 g/mol. The summed E-state index contributed by atoms with van der Waals surface area (Å²) in [5.74, 6) is 2.52. The number of urea groups is 1. The average Bonchev–Trinajstić information content (AvgIpc) is 2.80. The molecule has 0 spiro atoms. The summed E-state index contributed by atoms with van der Waals surface area (Å²) in [4.78, 5) is 32.0. The van der Waals surface area contributed by atoms with Crippen LogP contribution in [0.25, 0.3) is 0 Å². The highest BCUT2D eigenvalue weighted by atomic mass is 16.2. The molecule has 0 saturated carbocycles. The lowest BCUT2D eigenvalue weighted by molar-refractivity contribution is 0.0995. The third-order valence-corrected chi connectivity index (χ3v) is 7.80. The average molecular weight is 470 g/mol. The number of nitrogens with zero attached hydrogens (tertiary/aromatic N) is 4. The van der Waals surface area contributed by atoms with E-state index in [-0.39, 0.29) is 11.6 Å². The number of aromatic nitrogens is 1. The summed E-state index contributed by atoms with van der Waals surface area (Å²) < 4.78 is 1.80. The molecule has 3 saturated heterocycles. The summed E-state index contributed by atoms with van der Waals surface area (Å²) in [6.07, 6.45) is 9.12. The van der Waals surface area contributed by atoms with Crippen molar-refractivity contribution in [2.75, 3.05) is 39.3 Å². The third-order valence-electron chi connectivity index (χ3n) is 7.80. The van der Waals surface area contributed by atoms with Crippen LogP contribution in [-0.2, 0) is 13.2 Å². The summed E-state index contributed by atoms with van der Waals surface area (Å²) in [6, 6.07) is 3.59. The molecular formula is C27H43N5O2. The van der Waals surface area contributed by atoms with Crippen LogP contribution in [0, 0.1) is 17.8 Å². The molecule has 1 N–H and O–H groups in total. The first-order valence-electron chi connectivity index (χ1n) is 13.2. The van der Waals surface area contributed by atoms with Crippen molar-refractivity contribution >= 4 is 6.03 Å². The number of carbonyl (C=O) groups is 1. The first-order chi connectivity index (χ1) is 16.4. The fourth-order valence-electron chi connectivity index (χ4n) is 5.80. The summed E-state index contributed by atoms with van der Waals surface area (Å²) in [7, 11) is 0. The van der Waals surface area contributed by atoms with Crippen molar-refractivity contribution in [1.82, 2.24) is 24.6 Å². The lowest BCUT2D eigenvalue weighted by Crippen LogP contribution is -2.46. The van der Waals surface area contributed by atoms with Crippen LogP contribution < -0.4 is 10.9 Å². The Morgan fingerprint density at radius 3 is 2.35 bits per heavy atom. The number of hydrogen-bond donors (Lipinski definition) is 1. The molecule has 3 aliphatic rings. The molecule has 4 heterocycles. The van der Waals surface area contributed by atoms with Crippen LogP contribution in [0.5, 0.6) is 0 Å². The molecule has 4 rings (SSSR count). The highest BCUT2D eigenvalue weighted by molar-refractivity contribution is 5.77. The maximum absolute atomic E-state index is 13.1. The van der Waals surface area contributed by atoms with Crippen molar-refractivity contribution in [3.63, 3.8) is 0 Å². The zero-order valence-corrected chi connectivity index (χ0v) is 21.2. The molecule has 1 aromatic heterocycles. The molecule has 0 aromatic carbocycles. The summed E-state index contributed by atoms with van der Waals surface area (Å²) in [5, 5.41) is 2.76. The first kappa shape index (κ1) is 25.0. The SMILES string of the molecule is C=C1CCN(Cc2cccn(CN3CCC(CN4CCC(CC(C)C)CC4)CC3)c2=O)C(=O)N1. The number of amides is 2. The molecule has 0 atom stereocenters. The summed E-state index contributed by atoms with van der Waals surface area (Å²) in [6.45, 7) is 15.9. The second kappa shape index (κ2) is 11.5. The van der Waals surface area contributed by atoms with Crippen molar-refractivity contribution in [2.24, 2.45) is 17.8 Å². The standard InChI is InChI=1S/C27H43N5O2/c1-21(2)17-23-7-12-29(13-8-23)18-24-9-14-30(15-10-24)20-32-11-4-5-25(26(32)33)19-31-16-6-22(3)28-27(31)34/h4-5,11,21,23-24H,3,6-10,12-20H2,1-2H3,(H,28,34). The van der Waals surface area contributed by atoms with Gasteiger partial charge in [0.15, 0.2) is 0 Å². The molecule has 7 heteroatoms. The van der Waals surface area contributed by atoms with Gasteiger partial charge in [0.25, 0.3) is 5.56 Å². The molecule has 2 amide bonds. The number of hydrogen-bond acceptors (Lipinski definition) is 4. The van der Waals surface area contributed by atoms with Crippen LogP contribution in [0.2, 0.25) is 0 Å². The summed E-state index contributed by atoms with van der Waals surface area (Å²) >= 11 is 0. The van der Waals surface area contributed by atoms with E-state index in [1.807, 2.05) is 18.3 Å². The van der Waals surface area contributed by atoms with Gasteiger partial charge in [0.05, 0.1) is 13.2 Å². The second-order valence-electron chi connectivity index (χ2n) is 11.1. The van der Waals surface area contributed by atoms with Crippen LogP contribution in [0.15, 0.2) is 35.4 Å². The Balaban J connectivity index is 1.23. The van der Waals surface area contributed by atoms with Gasteiger partial charge in [-0.3, -0.25) is 9.69 Å². The van der Waals surface area contributed by atoms with Crippen LogP contribution in [-0.4, -0.2) is 64.6 Å². The largest absolute Gasteiger partial charge is 0.321 e. The van der Waals surface area contributed by atoms with Gasteiger partial charge in [0.2, 0.25) is 0 Å². The minimum absolute atomic E-state index is 0.00564. The van der Waals surface area contributed by atoms with Crippen LogP contribution in [0.4, 0.5) is 4.79 Å². The molecule has 0 bridgehead atoms. The third kappa shape index (κ3) is 6.72. The highest BCUT2D eigenvalue weighted by Gasteiger charge is 2.26. The smallest absolute Gasteiger partial charge is 0.320 e. The molecule has 3 fully saturated rings. The van der Waals surface area contributed by atoms with E-state index in [1.54, 1.807) is 9.47 Å². The van der Waals surface area contributed by atoms with Gasteiger partial charge >= 0.3 is 6.03 Å². The molecule has 34 heavy (non-hydrogen) atoms. The van der Waals surface area contributed by atoms with Gasteiger partial charge in [-0.2, -0.15) is 0 Å². The van der Waals surface area contributed by atoms with Crippen molar-refractivity contribution < 1.29 is 4.79 Å². The Kier molecular flexibility index (Phi) is 8.48. The van der Waals surface area contributed by atoms with E-state index in [0.29, 0.717) is 25.3 Å². The Hall–Kier alpha value is -2.12. The van der Waals surface area contributed by atoms with Crippen molar-refractivity contribution in [1.29, 1.82) is 0 Å². The predicted molar refractivity (Wildman–Crippen MR) is 136 cm³/mol. The number of piperidine rings is 2. The highest BCUT2D eigenvalue weighted by Crippen LogP contribution is 2.26. The lowest BCUT2D eigenvalue weighted by atomic mass is 9.88. The van der Waals surface area contributed by atoms with Gasteiger partial charge in [-0.15, -0.1) is 0 Å². The van der Waals surface area contributed by atoms with Gasteiger partial charge in [0.1, 0.15) is 0 Å². The minimum atomic E-state index is -0.169. The number of nitrogens with one attached hydrogen (secondary N) is 1. The minimum Gasteiger partial charge on any atom is -0.320 e. The van der Waals surface area contributed by atoms with Gasteiger partial charge in [-0.05, 0) is 69.0 Å². The van der Waals surface area contributed by atoms with E-state index in [2.05, 4.69) is 35.5 Å². The maximum Gasteiger partial charge on any atom is 0.321 e. The van der Waals surface area contributed by atoms with E-state index in [1.165, 1.54) is 51.7 Å². The second-order valence-corrected chi connectivity index (χ2v) is 11.1. The Morgan fingerprint density at radius 2 is 1.68 bits per heavy atom. The number of carbonyl (C=O) groups excluding carboxylic acids is 1. The fraction of sp³-hybridized carbons (Fsp3) is 0.704. The lowest BCUT2D eigenvalue weighted by Gasteiger charge is -2.38. The fourth-order valence-corrected chi connectivity index (χ4v) is 5.80. The van der Waals surface area contributed by atoms with E-state index in [4.69, 9.17) is 0 Å². The molecule has 0 aliphatic carbocycles. The van der Waals surface area contributed by atoms with Gasteiger partial charge in [-0.1, -0.05) is 26.5 Å². The molecule has 1 aromatic rings. The zero-order valence-electron chi connectivity index (χ0n) is 21.2. The topological polar surface area (TPSA) is 60.8 Å². The molecule has 7 nitrogen and oxygen atoms in total. The number of pyridine rings is 1. The van der Waals surface area contributed by atoms with Crippen LogP contribution >= 0.6 is 0 Å². The molecule has 188 valence electrons. The van der Waals surface area contributed by atoms with Crippen LogP contribution in [0.3, 0.4) is 0 Å². The number of rotatable bonds is 8. The Morgan fingerprint density at radius 1 is 1.00 bits per heavy atom. The van der Waals surface area contributed by atoms with E-state index in [0.717, 1.165) is 43.0 Å². The normalized spacial score (nSPS) is 21.9. The molecule has 0 radical (unpaired) electrons. The summed E-state index contributed by atoms with van der Waals surface area (Å²) in [5.41, 5.74) is 1.41. The van der Waals surface area contributed by atoms with Crippen molar-refractivity contribution in [2.45, 2.75) is 65.6 Å². The van der Waals surface area contributed by atoms with Gasteiger partial charge in [-0.25, -0.2) is 4.79 Å². The van der Waals surface area contributed by atoms with E-state index in [9.17, 15) is 9.59 Å². The van der Waals surface area contributed by atoms with E-state index >= 15 is 0 Å². The Labute approximate surface area is 204 Å². The molecule has 0 unspecified atom stereocenters. The first-order valence-corrected chi connectivity index (χ1v) is 13.2. The number of likely N-dealkylation sites (tertiary alicyclic amines) is 2. The van der Waals surface area contributed by atoms with Gasteiger partial charge < -0.3 is 19.7 Å². The van der Waals surface area contributed by atoms with Crippen molar-refractivity contribution in [3.05, 3.63) is 46.5 Å².